The van der Waals surface area contributed by atoms with E-state index in [0.29, 0.717) is 27.8 Å². The van der Waals surface area contributed by atoms with Gasteiger partial charge in [-0.1, -0.05) is 17.7 Å². The number of halogens is 1. The molecule has 0 saturated carbocycles. The van der Waals surface area contributed by atoms with E-state index >= 15 is 0 Å². The minimum Gasteiger partial charge on any atom is -0.493 e. The van der Waals surface area contributed by atoms with E-state index in [9.17, 15) is 14.4 Å². The molecular formula is C24H25ClN4O7. The second-order valence-electron chi connectivity index (χ2n) is 7.28. The Morgan fingerprint density at radius 3 is 2.64 bits per heavy atom. The Morgan fingerprint density at radius 2 is 1.97 bits per heavy atom. The third-order valence-corrected chi connectivity index (χ3v) is 5.27. The summed E-state index contributed by atoms with van der Waals surface area (Å²) in [6.45, 7) is 1.14. The summed E-state index contributed by atoms with van der Waals surface area (Å²) in [7, 11) is 2.96. The first-order valence-electron chi connectivity index (χ1n) is 10.9. The number of ether oxygens (including phenoxy) is 3. The maximum Gasteiger partial charge on any atom is 0.437 e. The van der Waals surface area contributed by atoms with Crippen molar-refractivity contribution in [3.05, 3.63) is 69.3 Å². The zero-order valence-electron chi connectivity index (χ0n) is 20.0. The Hall–Kier alpha value is -4.12. The Kier molecular flexibility index (Phi) is 9.23. The molecule has 11 nitrogen and oxygen atoms in total. The lowest BCUT2D eigenvalue weighted by atomic mass is 10.2. The minimum absolute atomic E-state index is 0.0414. The lowest BCUT2D eigenvalue weighted by Gasteiger charge is -2.21. The van der Waals surface area contributed by atoms with E-state index in [-0.39, 0.29) is 25.6 Å². The van der Waals surface area contributed by atoms with Crippen molar-refractivity contribution in [1.82, 2.24) is 19.7 Å². The molecule has 3 aromatic rings. The number of amides is 1. The van der Waals surface area contributed by atoms with Gasteiger partial charge in [-0.25, -0.2) is 4.79 Å². The summed E-state index contributed by atoms with van der Waals surface area (Å²) in [6, 6.07) is 8.60. The quantitative estimate of drug-likeness (QED) is 0.353. The zero-order valence-corrected chi connectivity index (χ0v) is 20.7. The monoisotopic (exact) mass is 516 g/mol. The topological polar surface area (TPSA) is 126 Å². The zero-order chi connectivity index (χ0) is 26.1. The van der Waals surface area contributed by atoms with Crippen molar-refractivity contribution in [1.29, 1.82) is 0 Å². The van der Waals surface area contributed by atoms with Crippen LogP contribution in [-0.4, -0.2) is 58.9 Å². The van der Waals surface area contributed by atoms with Gasteiger partial charge in [0.15, 0.2) is 11.5 Å². The SMILES string of the molecule is CCOC(=O)CN(Cc1ccccn1)C(=O)Cn1nc(C=Cc2ccc(OC)c(OC)c2Cl)oc1=O. The second-order valence-corrected chi connectivity index (χ2v) is 7.66. The van der Waals surface area contributed by atoms with E-state index < -0.39 is 24.2 Å². The summed E-state index contributed by atoms with van der Waals surface area (Å²) in [4.78, 5) is 42.7. The summed E-state index contributed by atoms with van der Waals surface area (Å²) in [6.07, 6.45) is 4.59. The van der Waals surface area contributed by atoms with E-state index in [2.05, 4.69) is 10.1 Å². The van der Waals surface area contributed by atoms with Crippen LogP contribution in [0.15, 0.2) is 45.7 Å². The van der Waals surface area contributed by atoms with E-state index in [1.165, 1.54) is 25.2 Å². The van der Waals surface area contributed by atoms with Gasteiger partial charge in [0.05, 0.1) is 38.1 Å². The summed E-state index contributed by atoms with van der Waals surface area (Å²) in [5.74, 6) is -1.18. The fourth-order valence-corrected chi connectivity index (χ4v) is 3.49. The molecule has 0 radical (unpaired) electrons. The van der Waals surface area contributed by atoms with Crippen LogP contribution in [0.5, 0.6) is 11.5 Å². The van der Waals surface area contributed by atoms with Crippen molar-refractivity contribution in [3.8, 4) is 11.5 Å². The van der Waals surface area contributed by atoms with Crippen molar-refractivity contribution in [2.24, 2.45) is 0 Å². The number of esters is 1. The number of aromatic nitrogens is 3. The first kappa shape index (κ1) is 26.5. The molecule has 0 unspecified atom stereocenters. The van der Waals surface area contributed by atoms with Gasteiger partial charge in [0.2, 0.25) is 11.8 Å². The summed E-state index contributed by atoms with van der Waals surface area (Å²) < 4.78 is 21.4. The molecule has 0 atom stereocenters. The number of hydrogen-bond donors (Lipinski definition) is 0. The van der Waals surface area contributed by atoms with Crippen LogP contribution in [0.4, 0.5) is 0 Å². The number of rotatable bonds is 11. The minimum atomic E-state index is -0.838. The number of carbonyl (C=O) groups is 2. The molecule has 3 rings (SSSR count). The number of carbonyl (C=O) groups excluding carboxylic acids is 2. The van der Waals surface area contributed by atoms with E-state index in [1.54, 1.807) is 49.5 Å². The molecule has 190 valence electrons. The number of methoxy groups -OCH3 is 2. The van der Waals surface area contributed by atoms with Crippen molar-refractivity contribution in [3.63, 3.8) is 0 Å². The van der Waals surface area contributed by atoms with Gasteiger partial charge >= 0.3 is 11.7 Å². The molecule has 0 aliphatic rings. The fourth-order valence-electron chi connectivity index (χ4n) is 3.19. The van der Waals surface area contributed by atoms with Crippen LogP contribution in [0.3, 0.4) is 0 Å². The number of nitrogens with zero attached hydrogens (tertiary/aromatic N) is 4. The lowest BCUT2D eigenvalue weighted by Crippen LogP contribution is -2.39. The van der Waals surface area contributed by atoms with Gasteiger partial charge in [-0.05, 0) is 42.8 Å². The van der Waals surface area contributed by atoms with Crippen molar-refractivity contribution < 1.29 is 28.2 Å². The number of hydrogen-bond acceptors (Lipinski definition) is 9. The summed E-state index contributed by atoms with van der Waals surface area (Å²) >= 11 is 6.36. The predicted molar refractivity (Wildman–Crippen MR) is 131 cm³/mol. The first-order valence-corrected chi connectivity index (χ1v) is 11.2. The third kappa shape index (κ3) is 6.72. The molecule has 1 aromatic carbocycles. The molecular weight excluding hydrogens is 492 g/mol. The van der Waals surface area contributed by atoms with Crippen LogP contribution in [0.1, 0.15) is 24.1 Å². The normalized spacial score (nSPS) is 10.9. The number of benzene rings is 1. The average molecular weight is 517 g/mol. The predicted octanol–water partition coefficient (Wildman–Crippen LogP) is 2.66. The summed E-state index contributed by atoms with van der Waals surface area (Å²) in [5.41, 5.74) is 1.14. The van der Waals surface area contributed by atoms with Crippen LogP contribution in [-0.2, 0) is 27.4 Å². The standard InChI is InChI=1S/C24H25ClN4O7/c1-4-35-21(31)15-28(13-17-7-5-6-12-26-17)20(30)14-29-24(32)36-19(27-29)11-9-16-8-10-18(33-2)23(34-3)22(16)25/h5-12H,4,13-15H2,1-3H3. The molecule has 0 saturated heterocycles. The molecule has 0 bridgehead atoms. The van der Waals surface area contributed by atoms with Crippen LogP contribution in [0.25, 0.3) is 12.2 Å². The third-order valence-electron chi connectivity index (χ3n) is 4.88. The Balaban J connectivity index is 1.77. The largest absolute Gasteiger partial charge is 0.493 e. The second kappa shape index (κ2) is 12.5. The Bertz CT molecular complexity index is 1290. The van der Waals surface area contributed by atoms with Crippen molar-refractivity contribution >= 4 is 35.6 Å². The van der Waals surface area contributed by atoms with Crippen molar-refractivity contribution in [2.75, 3.05) is 27.4 Å². The average Bonchev–Trinajstić information content (AvgIpc) is 3.22. The first-order chi connectivity index (χ1) is 17.4. The summed E-state index contributed by atoms with van der Waals surface area (Å²) in [5, 5.41) is 4.35. The van der Waals surface area contributed by atoms with Gasteiger partial charge in [0, 0.05) is 12.3 Å². The molecule has 2 heterocycles. The van der Waals surface area contributed by atoms with Crippen molar-refractivity contribution in [2.45, 2.75) is 20.0 Å². The molecule has 36 heavy (non-hydrogen) atoms. The number of pyridine rings is 1. The van der Waals surface area contributed by atoms with E-state index in [0.717, 1.165) is 4.68 Å². The van der Waals surface area contributed by atoms with E-state index in [1.807, 2.05) is 0 Å². The van der Waals surface area contributed by atoms with Gasteiger partial charge < -0.3 is 23.5 Å². The fraction of sp³-hybridized carbons (Fsp3) is 0.292. The van der Waals surface area contributed by atoms with Gasteiger partial charge in [-0.15, -0.1) is 5.10 Å². The molecule has 2 aromatic heterocycles. The highest BCUT2D eigenvalue weighted by atomic mass is 35.5. The molecule has 0 spiro atoms. The Labute approximate surface area is 211 Å². The van der Waals surface area contributed by atoms with Crippen LogP contribution in [0, 0.1) is 0 Å². The maximum atomic E-state index is 13.0. The lowest BCUT2D eigenvalue weighted by molar-refractivity contribution is -0.149. The van der Waals surface area contributed by atoms with Crippen LogP contribution < -0.4 is 15.2 Å². The smallest absolute Gasteiger partial charge is 0.437 e. The molecule has 0 aliphatic carbocycles. The molecule has 1 amide bonds. The molecule has 0 aliphatic heterocycles. The van der Waals surface area contributed by atoms with Crippen LogP contribution in [0.2, 0.25) is 5.02 Å². The molecule has 12 heteroatoms. The Morgan fingerprint density at radius 1 is 1.17 bits per heavy atom. The highest BCUT2D eigenvalue weighted by Crippen LogP contribution is 2.37. The molecule has 0 N–H and O–H groups in total. The van der Waals surface area contributed by atoms with E-state index in [4.69, 9.17) is 30.2 Å². The van der Waals surface area contributed by atoms with Gasteiger partial charge in [0.25, 0.3) is 0 Å². The van der Waals surface area contributed by atoms with Gasteiger partial charge in [-0.2, -0.15) is 4.68 Å². The van der Waals surface area contributed by atoms with Gasteiger partial charge in [0.1, 0.15) is 13.1 Å². The highest BCUT2D eigenvalue weighted by molar-refractivity contribution is 6.34. The van der Waals surface area contributed by atoms with Crippen LogP contribution >= 0.6 is 11.6 Å². The molecule has 0 fully saturated rings. The maximum absolute atomic E-state index is 13.0. The highest BCUT2D eigenvalue weighted by Gasteiger charge is 2.21. The van der Waals surface area contributed by atoms with Gasteiger partial charge in [-0.3, -0.25) is 14.6 Å².